The number of nitrogens with zero attached hydrogens (tertiary/aromatic N) is 1. The van der Waals surface area contributed by atoms with Crippen LogP contribution >= 0.6 is 11.3 Å². The van der Waals surface area contributed by atoms with Gasteiger partial charge in [-0.2, -0.15) is 13.2 Å². The Hall–Kier alpha value is -3.36. The second kappa shape index (κ2) is 15.3. The number of amides is 3. The number of nitrogens with one attached hydrogen (secondary N) is 3. The molecule has 3 rings (SSSR count). The third-order valence-electron chi connectivity index (χ3n) is 5.80. The summed E-state index contributed by atoms with van der Waals surface area (Å²) in [5, 5.41) is 16.5. The first-order valence-electron chi connectivity index (χ1n) is 12.4. The summed E-state index contributed by atoms with van der Waals surface area (Å²) in [5.41, 5.74) is 6.69. The number of carbonyl (C=O) groups is 3. The number of hydrogen-bond acceptors (Lipinski definition) is 7. The maximum atomic E-state index is 12.9. The van der Waals surface area contributed by atoms with Crippen LogP contribution < -0.4 is 26.4 Å². The fourth-order valence-corrected chi connectivity index (χ4v) is 4.76. The maximum Gasteiger partial charge on any atom is 0.490 e. The Morgan fingerprint density at radius 2 is 1.85 bits per heavy atom. The quantitative estimate of drug-likeness (QED) is 0.291. The summed E-state index contributed by atoms with van der Waals surface area (Å²) in [5.74, 6) is -2.16. The lowest BCUT2D eigenvalue weighted by Crippen LogP contribution is -2.45. The largest absolute Gasteiger partial charge is 0.492 e. The van der Waals surface area contributed by atoms with Crippen LogP contribution in [-0.2, 0) is 4.79 Å². The molecule has 3 amide bonds. The molecular formula is C25H34F3N5O5S. The number of carboxylic acids is 1. The third kappa shape index (κ3) is 10.7. The average Bonchev–Trinajstić information content (AvgIpc) is 3.30. The lowest BCUT2D eigenvalue weighted by Gasteiger charge is -2.23. The Bertz CT molecular complexity index is 1080. The zero-order chi connectivity index (χ0) is 29.0. The molecule has 1 aromatic carbocycles. The monoisotopic (exact) mass is 573 g/mol. The molecule has 1 aromatic heterocycles. The number of benzene rings is 1. The summed E-state index contributed by atoms with van der Waals surface area (Å²) in [6.45, 7) is 9.53. The second-order valence-electron chi connectivity index (χ2n) is 8.56. The van der Waals surface area contributed by atoms with Crippen molar-refractivity contribution in [2.45, 2.75) is 38.9 Å². The number of urea groups is 1. The summed E-state index contributed by atoms with van der Waals surface area (Å²) in [6, 6.07) is 8.95. The van der Waals surface area contributed by atoms with Crippen molar-refractivity contribution in [3.8, 4) is 16.2 Å². The first-order chi connectivity index (χ1) is 18.4. The van der Waals surface area contributed by atoms with E-state index in [1.165, 1.54) is 11.3 Å². The van der Waals surface area contributed by atoms with Crippen molar-refractivity contribution in [3.05, 3.63) is 35.9 Å². The minimum Gasteiger partial charge on any atom is -0.492 e. The average molecular weight is 574 g/mol. The molecule has 39 heavy (non-hydrogen) atoms. The van der Waals surface area contributed by atoms with E-state index in [-0.39, 0.29) is 11.9 Å². The maximum absolute atomic E-state index is 12.9. The van der Waals surface area contributed by atoms with Crippen molar-refractivity contribution >= 4 is 34.2 Å². The number of carboxylic acid groups (broad SMARTS) is 1. The number of anilines is 1. The molecule has 0 spiro atoms. The number of nitrogens with two attached hydrogens (primary N) is 1. The van der Waals surface area contributed by atoms with Crippen molar-refractivity contribution in [2.75, 3.05) is 44.6 Å². The van der Waals surface area contributed by atoms with Gasteiger partial charge in [0.1, 0.15) is 17.4 Å². The molecule has 1 aliphatic rings. The van der Waals surface area contributed by atoms with Crippen molar-refractivity contribution in [3.63, 3.8) is 0 Å². The number of thiophene rings is 1. The molecule has 0 bridgehead atoms. The highest BCUT2D eigenvalue weighted by Crippen LogP contribution is 2.36. The van der Waals surface area contributed by atoms with E-state index in [0.29, 0.717) is 17.2 Å². The van der Waals surface area contributed by atoms with Gasteiger partial charge < -0.3 is 31.1 Å². The van der Waals surface area contributed by atoms with Gasteiger partial charge in [-0.25, -0.2) is 9.59 Å². The van der Waals surface area contributed by atoms with Gasteiger partial charge in [0.05, 0.1) is 5.56 Å². The zero-order valence-electron chi connectivity index (χ0n) is 21.8. The lowest BCUT2D eigenvalue weighted by molar-refractivity contribution is -0.192. The smallest absolute Gasteiger partial charge is 0.490 e. The molecule has 0 saturated carbocycles. The number of hydrogen-bond donors (Lipinski definition) is 5. The summed E-state index contributed by atoms with van der Waals surface area (Å²) in [4.78, 5) is 36.4. The van der Waals surface area contributed by atoms with Crippen molar-refractivity contribution in [2.24, 2.45) is 5.73 Å². The van der Waals surface area contributed by atoms with Crippen LogP contribution in [0.2, 0.25) is 0 Å². The Morgan fingerprint density at radius 3 is 2.36 bits per heavy atom. The second-order valence-corrected chi connectivity index (χ2v) is 9.61. The van der Waals surface area contributed by atoms with Gasteiger partial charge in [0.25, 0.3) is 5.91 Å². The first-order valence-corrected chi connectivity index (χ1v) is 13.2. The number of primary amides is 1. The van der Waals surface area contributed by atoms with Crippen LogP contribution in [0.3, 0.4) is 0 Å². The van der Waals surface area contributed by atoms with Gasteiger partial charge in [0.2, 0.25) is 0 Å². The number of aliphatic carboxylic acids is 1. The van der Waals surface area contributed by atoms with Crippen molar-refractivity contribution in [1.29, 1.82) is 0 Å². The molecule has 1 fully saturated rings. The van der Waals surface area contributed by atoms with Crippen LogP contribution in [0, 0.1) is 0 Å². The molecule has 0 radical (unpaired) electrons. The van der Waals surface area contributed by atoms with Gasteiger partial charge in [-0.3, -0.25) is 10.1 Å². The predicted molar refractivity (Wildman–Crippen MR) is 143 cm³/mol. The van der Waals surface area contributed by atoms with E-state index in [4.69, 9.17) is 20.4 Å². The fraction of sp³-hybridized carbons (Fsp3) is 0.480. The molecule has 0 aliphatic carbocycles. The Labute approximate surface area is 228 Å². The standard InChI is InChI=1S/C23H33N5O3S.C2HF3O2/c1-3-28(4-2)12-13-31-18-9-7-16(8-10-18)20-14-19(22(32-20)27-23(24)30)21(29)26-17-6-5-11-25-15-17;3-2(4,5)1(6)7/h7-10,14,17,25H,3-6,11-13,15H2,1-2H3,(H,26,29)(H3,24,27,30);(H,6,7)/t17-;/m0./s1. The number of rotatable bonds is 10. The Kier molecular flexibility index (Phi) is 12.5. The molecule has 6 N–H and O–H groups in total. The topological polar surface area (TPSA) is 146 Å². The highest BCUT2D eigenvalue weighted by molar-refractivity contribution is 7.20. The lowest BCUT2D eigenvalue weighted by atomic mass is 10.1. The molecule has 1 atom stereocenters. The molecule has 0 unspecified atom stereocenters. The predicted octanol–water partition coefficient (Wildman–Crippen LogP) is 3.74. The van der Waals surface area contributed by atoms with Gasteiger partial charge in [-0.05, 0) is 68.4 Å². The summed E-state index contributed by atoms with van der Waals surface area (Å²) >= 11 is 1.33. The molecule has 14 heteroatoms. The Balaban J connectivity index is 0.000000673. The van der Waals surface area contributed by atoms with E-state index >= 15 is 0 Å². The van der Waals surface area contributed by atoms with Crippen LogP contribution in [0.15, 0.2) is 30.3 Å². The normalized spacial score (nSPS) is 15.2. The first kappa shape index (κ1) is 31.9. The van der Waals surface area contributed by atoms with Gasteiger partial charge in [0.15, 0.2) is 0 Å². The highest BCUT2D eigenvalue weighted by atomic mass is 32.1. The molecule has 216 valence electrons. The third-order valence-corrected chi connectivity index (χ3v) is 6.90. The molecule has 1 aliphatic heterocycles. The van der Waals surface area contributed by atoms with E-state index in [2.05, 4.69) is 34.7 Å². The number of halogens is 3. The molecule has 2 aromatic rings. The van der Waals surface area contributed by atoms with E-state index < -0.39 is 18.2 Å². The summed E-state index contributed by atoms with van der Waals surface area (Å²) in [6.07, 6.45) is -3.13. The van der Waals surface area contributed by atoms with Gasteiger partial charge >= 0.3 is 18.2 Å². The molecule has 2 heterocycles. The number of alkyl halides is 3. The zero-order valence-corrected chi connectivity index (χ0v) is 22.6. The number of carbonyl (C=O) groups excluding carboxylic acids is 2. The van der Waals surface area contributed by atoms with E-state index in [1.54, 1.807) is 6.07 Å². The van der Waals surface area contributed by atoms with Crippen molar-refractivity contribution in [1.82, 2.24) is 15.5 Å². The van der Waals surface area contributed by atoms with Crippen LogP contribution in [0.1, 0.15) is 37.0 Å². The van der Waals surface area contributed by atoms with Crippen LogP contribution in [0.5, 0.6) is 5.75 Å². The number of piperidine rings is 1. The van der Waals surface area contributed by atoms with Crippen LogP contribution in [-0.4, -0.2) is 79.5 Å². The molecular weight excluding hydrogens is 539 g/mol. The van der Waals surface area contributed by atoms with Gasteiger partial charge in [-0.1, -0.05) is 13.8 Å². The molecule has 10 nitrogen and oxygen atoms in total. The number of likely N-dealkylation sites (N-methyl/N-ethyl adjacent to an activating group) is 1. The minimum absolute atomic E-state index is 0.0776. The van der Waals surface area contributed by atoms with Gasteiger partial charge in [0, 0.05) is 24.0 Å². The minimum atomic E-state index is -5.08. The summed E-state index contributed by atoms with van der Waals surface area (Å²) in [7, 11) is 0. The van der Waals surface area contributed by atoms with Crippen molar-refractivity contribution < 1.29 is 37.4 Å². The Morgan fingerprint density at radius 1 is 1.21 bits per heavy atom. The van der Waals surface area contributed by atoms with E-state index in [0.717, 1.165) is 61.8 Å². The summed E-state index contributed by atoms with van der Waals surface area (Å²) < 4.78 is 37.6. The number of ether oxygens (including phenoxy) is 1. The van der Waals surface area contributed by atoms with Crippen LogP contribution in [0.25, 0.3) is 10.4 Å². The van der Waals surface area contributed by atoms with E-state index in [9.17, 15) is 22.8 Å². The molecule has 1 saturated heterocycles. The van der Waals surface area contributed by atoms with Crippen LogP contribution in [0.4, 0.5) is 23.0 Å². The van der Waals surface area contributed by atoms with Gasteiger partial charge in [-0.15, -0.1) is 11.3 Å². The SMILES string of the molecule is CCN(CC)CCOc1ccc(-c2cc(C(=O)N[C@H]3CCCNC3)c(NC(N)=O)s2)cc1.O=C(O)C(F)(F)F. The van der Waals surface area contributed by atoms with E-state index in [1.807, 2.05) is 24.3 Å². The fourth-order valence-electron chi connectivity index (χ4n) is 3.69. The highest BCUT2D eigenvalue weighted by Gasteiger charge is 2.38.